The highest BCUT2D eigenvalue weighted by molar-refractivity contribution is 6.03. The second-order valence-corrected chi connectivity index (χ2v) is 6.91. The lowest BCUT2D eigenvalue weighted by Crippen LogP contribution is -2.33. The molecule has 0 unspecified atom stereocenters. The molecular weight excluding hydrogens is 424 g/mol. The van der Waals surface area contributed by atoms with Crippen molar-refractivity contribution in [2.75, 3.05) is 28.4 Å². The van der Waals surface area contributed by atoms with Crippen LogP contribution in [0.15, 0.2) is 23.8 Å². The molecule has 0 saturated carbocycles. The van der Waals surface area contributed by atoms with E-state index in [1.165, 1.54) is 38.5 Å². The van der Waals surface area contributed by atoms with Crippen molar-refractivity contribution in [1.29, 1.82) is 0 Å². The lowest BCUT2D eigenvalue weighted by atomic mass is 9.70. The molecule has 2 aromatic carbocycles. The molecule has 32 heavy (non-hydrogen) atoms. The van der Waals surface area contributed by atoms with Gasteiger partial charge in [-0.2, -0.15) is 0 Å². The zero-order chi connectivity index (χ0) is 23.7. The molecule has 4 N–H and O–H groups in total. The van der Waals surface area contributed by atoms with Crippen molar-refractivity contribution in [3.8, 4) is 34.5 Å². The largest absolute Gasteiger partial charge is 0.504 e. The highest BCUT2D eigenvalue weighted by Crippen LogP contribution is 2.54. The van der Waals surface area contributed by atoms with Gasteiger partial charge in [0.05, 0.1) is 39.9 Å². The number of phenolic OH excluding ortho intramolecular Hbond substituents is 4. The van der Waals surface area contributed by atoms with Crippen LogP contribution in [0.4, 0.5) is 0 Å². The molecule has 2 atom stereocenters. The quantitative estimate of drug-likeness (QED) is 0.396. The molecule has 3 rings (SSSR count). The third-order valence-electron chi connectivity index (χ3n) is 5.37. The summed E-state index contributed by atoms with van der Waals surface area (Å²) < 4.78 is 20.3. The fraction of sp³-hybridized carbons (Fsp3) is 0.273. The molecule has 0 radical (unpaired) electrons. The fourth-order valence-corrected chi connectivity index (χ4v) is 3.96. The molecule has 10 nitrogen and oxygen atoms in total. The van der Waals surface area contributed by atoms with Crippen LogP contribution in [0.5, 0.6) is 34.5 Å². The molecule has 0 spiro atoms. The first-order valence-corrected chi connectivity index (χ1v) is 9.31. The van der Waals surface area contributed by atoms with Crippen molar-refractivity contribution in [3.63, 3.8) is 0 Å². The van der Waals surface area contributed by atoms with Crippen molar-refractivity contribution >= 4 is 18.0 Å². The van der Waals surface area contributed by atoms with E-state index in [2.05, 4.69) is 0 Å². The Morgan fingerprint density at radius 1 is 0.812 bits per heavy atom. The number of carbonyl (C=O) groups excluding carboxylic acids is 2. The fourth-order valence-electron chi connectivity index (χ4n) is 3.96. The van der Waals surface area contributed by atoms with E-state index in [4.69, 9.17) is 18.9 Å². The summed E-state index contributed by atoms with van der Waals surface area (Å²) >= 11 is 0. The van der Waals surface area contributed by atoms with Gasteiger partial charge in [0, 0.05) is 17.0 Å². The number of ether oxygens (including phenoxy) is 4. The first kappa shape index (κ1) is 22.6. The van der Waals surface area contributed by atoms with Gasteiger partial charge in [-0.05, 0) is 23.8 Å². The second kappa shape index (κ2) is 8.58. The molecule has 1 aliphatic carbocycles. The van der Waals surface area contributed by atoms with Crippen molar-refractivity contribution in [2.45, 2.75) is 5.92 Å². The average Bonchev–Trinajstić information content (AvgIpc) is 2.79. The van der Waals surface area contributed by atoms with Gasteiger partial charge in [-0.25, -0.2) is 4.79 Å². The van der Waals surface area contributed by atoms with E-state index in [0.717, 1.165) is 14.2 Å². The molecule has 0 bridgehead atoms. The summed E-state index contributed by atoms with van der Waals surface area (Å²) in [5.41, 5.74) is 0.544. The van der Waals surface area contributed by atoms with E-state index < -0.39 is 46.8 Å². The normalized spacial score (nSPS) is 17.1. The highest BCUT2D eigenvalue weighted by Gasteiger charge is 2.45. The van der Waals surface area contributed by atoms with Crippen LogP contribution in [0.25, 0.3) is 6.08 Å². The molecule has 0 amide bonds. The SMILES string of the molecule is COC(=O)C1=Cc2c(cc(O)c(O)c2OC)[C@H](c2ccc(O)c(O)c2OC)[C@H]1C(=O)OC. The highest BCUT2D eigenvalue weighted by atomic mass is 16.5. The lowest BCUT2D eigenvalue weighted by molar-refractivity contribution is -0.147. The minimum Gasteiger partial charge on any atom is -0.504 e. The summed E-state index contributed by atoms with van der Waals surface area (Å²) in [6.45, 7) is 0. The predicted octanol–water partition coefficient (Wildman–Crippen LogP) is 2.02. The van der Waals surface area contributed by atoms with Gasteiger partial charge in [0.25, 0.3) is 0 Å². The number of esters is 2. The van der Waals surface area contributed by atoms with Gasteiger partial charge < -0.3 is 39.4 Å². The maximum Gasteiger partial charge on any atom is 0.334 e. The monoisotopic (exact) mass is 446 g/mol. The Bertz CT molecular complexity index is 1120. The minimum atomic E-state index is -1.29. The van der Waals surface area contributed by atoms with E-state index in [-0.39, 0.29) is 33.8 Å². The molecule has 1 aliphatic rings. The number of aromatic hydroxyl groups is 4. The van der Waals surface area contributed by atoms with Crippen molar-refractivity contribution in [3.05, 3.63) is 40.5 Å². The number of hydrogen-bond donors (Lipinski definition) is 4. The Kier molecular flexibility index (Phi) is 6.06. The summed E-state index contributed by atoms with van der Waals surface area (Å²) in [6.07, 6.45) is 1.31. The molecule has 0 aliphatic heterocycles. The van der Waals surface area contributed by atoms with E-state index in [1.54, 1.807) is 0 Å². The van der Waals surface area contributed by atoms with Crippen LogP contribution in [0.1, 0.15) is 22.6 Å². The van der Waals surface area contributed by atoms with Gasteiger partial charge in [0.15, 0.2) is 23.0 Å². The number of methoxy groups -OCH3 is 4. The predicted molar refractivity (Wildman–Crippen MR) is 110 cm³/mol. The van der Waals surface area contributed by atoms with Crippen LogP contribution in [0.3, 0.4) is 0 Å². The average molecular weight is 446 g/mol. The number of hydrogen-bond acceptors (Lipinski definition) is 10. The Morgan fingerprint density at radius 2 is 1.44 bits per heavy atom. The first-order chi connectivity index (χ1) is 15.2. The van der Waals surface area contributed by atoms with Gasteiger partial charge >= 0.3 is 11.9 Å². The molecular formula is C22H22O10. The number of phenols is 4. The topological polar surface area (TPSA) is 152 Å². The number of carbonyl (C=O) groups is 2. The van der Waals surface area contributed by atoms with E-state index in [0.29, 0.717) is 0 Å². The summed E-state index contributed by atoms with van der Waals surface area (Å²) in [5.74, 6) is -6.46. The Labute approximate surface area is 182 Å². The molecule has 0 heterocycles. The number of fused-ring (bicyclic) bond motifs is 1. The minimum absolute atomic E-state index is 0.116. The van der Waals surface area contributed by atoms with E-state index >= 15 is 0 Å². The van der Waals surface area contributed by atoms with Crippen molar-refractivity contribution in [2.24, 2.45) is 5.92 Å². The smallest absolute Gasteiger partial charge is 0.334 e. The molecule has 170 valence electrons. The molecule has 0 saturated heterocycles. The van der Waals surface area contributed by atoms with Gasteiger partial charge in [0.2, 0.25) is 11.5 Å². The maximum absolute atomic E-state index is 12.9. The standard InChI is InChI=1S/C22H22O10/c1-29-19-9(5-6-13(23)17(19)25)15-10-8-14(24)18(26)20(30-2)11(10)7-12(21(27)31-3)16(15)22(28)32-4/h5-8,15-16,23-26H,1-4H3/t15-,16-/m0/s1. The van der Waals surface area contributed by atoms with Crippen LogP contribution in [0, 0.1) is 5.92 Å². The van der Waals surface area contributed by atoms with Crippen molar-refractivity contribution in [1.82, 2.24) is 0 Å². The van der Waals surface area contributed by atoms with Crippen LogP contribution >= 0.6 is 0 Å². The second-order valence-electron chi connectivity index (χ2n) is 6.91. The van der Waals surface area contributed by atoms with Crippen LogP contribution in [0.2, 0.25) is 0 Å². The molecule has 2 aromatic rings. The van der Waals surface area contributed by atoms with Gasteiger partial charge in [-0.1, -0.05) is 6.07 Å². The van der Waals surface area contributed by atoms with Crippen LogP contribution in [-0.2, 0) is 19.1 Å². The number of benzene rings is 2. The Hall–Kier alpha value is -4.08. The van der Waals surface area contributed by atoms with E-state index in [1.807, 2.05) is 0 Å². The molecule has 0 fully saturated rings. The summed E-state index contributed by atoms with van der Waals surface area (Å²) in [6, 6.07) is 3.80. The summed E-state index contributed by atoms with van der Waals surface area (Å²) in [5, 5.41) is 40.8. The third kappa shape index (κ3) is 3.39. The number of rotatable bonds is 5. The zero-order valence-corrected chi connectivity index (χ0v) is 17.7. The van der Waals surface area contributed by atoms with Crippen LogP contribution in [-0.4, -0.2) is 60.8 Å². The third-order valence-corrected chi connectivity index (χ3v) is 5.37. The Balaban J connectivity index is 2.48. The van der Waals surface area contributed by atoms with Crippen LogP contribution < -0.4 is 9.47 Å². The van der Waals surface area contributed by atoms with Gasteiger partial charge in [-0.3, -0.25) is 4.79 Å². The van der Waals surface area contributed by atoms with E-state index in [9.17, 15) is 30.0 Å². The Morgan fingerprint density at radius 3 is 2.00 bits per heavy atom. The van der Waals surface area contributed by atoms with Gasteiger partial charge in [-0.15, -0.1) is 0 Å². The molecule has 0 aromatic heterocycles. The summed E-state index contributed by atoms with van der Waals surface area (Å²) in [7, 11) is 4.79. The maximum atomic E-state index is 12.9. The first-order valence-electron chi connectivity index (χ1n) is 9.31. The summed E-state index contributed by atoms with van der Waals surface area (Å²) in [4.78, 5) is 25.5. The molecule has 10 heteroatoms. The lowest BCUT2D eigenvalue weighted by Gasteiger charge is -2.33. The zero-order valence-electron chi connectivity index (χ0n) is 17.7. The van der Waals surface area contributed by atoms with Gasteiger partial charge in [0.1, 0.15) is 0 Å². The van der Waals surface area contributed by atoms with Crippen molar-refractivity contribution < 1.29 is 49.0 Å².